The highest BCUT2D eigenvalue weighted by Crippen LogP contribution is 2.37. The van der Waals surface area contributed by atoms with Gasteiger partial charge in [-0.05, 0) is 72.5 Å². The lowest BCUT2D eigenvalue weighted by Gasteiger charge is -2.29. The van der Waals surface area contributed by atoms with Crippen LogP contribution in [-0.2, 0) is 10.0 Å². The van der Waals surface area contributed by atoms with Crippen LogP contribution < -0.4 is 0 Å². The van der Waals surface area contributed by atoms with Crippen LogP contribution in [0.4, 0.5) is 4.39 Å². The molecule has 4 nitrogen and oxygen atoms in total. The molecule has 32 heavy (non-hydrogen) atoms. The van der Waals surface area contributed by atoms with Crippen LogP contribution in [0.2, 0.25) is 0 Å². The summed E-state index contributed by atoms with van der Waals surface area (Å²) in [4.78, 5) is 2.69. The van der Waals surface area contributed by atoms with Crippen LogP contribution >= 0.6 is 0 Å². The first kappa shape index (κ1) is 19.7. The molecule has 0 radical (unpaired) electrons. The molecular formula is C26H23FN2O2S. The van der Waals surface area contributed by atoms with Crippen molar-refractivity contribution in [1.82, 2.24) is 8.87 Å². The van der Waals surface area contributed by atoms with Gasteiger partial charge in [-0.2, -0.15) is 0 Å². The van der Waals surface area contributed by atoms with E-state index in [1.54, 1.807) is 24.4 Å². The van der Waals surface area contributed by atoms with Gasteiger partial charge in [0.1, 0.15) is 5.82 Å². The molecule has 1 aromatic heterocycles. The summed E-state index contributed by atoms with van der Waals surface area (Å²) in [6.07, 6.45) is 7.07. The summed E-state index contributed by atoms with van der Waals surface area (Å²) in [6.45, 7) is 1.97. The van der Waals surface area contributed by atoms with Crippen molar-refractivity contribution in [3.63, 3.8) is 0 Å². The summed E-state index contributed by atoms with van der Waals surface area (Å²) in [5, 5.41) is 2.50. The van der Waals surface area contributed by atoms with Crippen molar-refractivity contribution in [2.75, 3.05) is 13.1 Å². The largest absolute Gasteiger partial charge is 0.296 e. The maximum atomic E-state index is 14.2. The highest BCUT2D eigenvalue weighted by Gasteiger charge is 2.30. The monoisotopic (exact) mass is 446 g/mol. The molecule has 0 bridgehead atoms. The van der Waals surface area contributed by atoms with Gasteiger partial charge in [-0.1, -0.05) is 36.4 Å². The third kappa shape index (κ3) is 3.09. The first-order valence-corrected chi connectivity index (χ1v) is 12.4. The molecule has 6 rings (SSSR count). The van der Waals surface area contributed by atoms with Gasteiger partial charge >= 0.3 is 0 Å². The first-order chi connectivity index (χ1) is 15.5. The zero-order valence-electron chi connectivity index (χ0n) is 17.5. The second-order valence-corrected chi connectivity index (χ2v) is 10.6. The highest BCUT2D eigenvalue weighted by atomic mass is 32.2. The lowest BCUT2D eigenvalue weighted by molar-refractivity contribution is 0.275. The van der Waals surface area contributed by atoms with E-state index in [2.05, 4.69) is 11.0 Å². The molecule has 0 amide bonds. The molecule has 1 saturated heterocycles. The number of halogens is 1. The molecule has 2 aliphatic heterocycles. The van der Waals surface area contributed by atoms with Gasteiger partial charge in [0.15, 0.2) is 0 Å². The molecule has 1 atom stereocenters. The van der Waals surface area contributed by atoms with Gasteiger partial charge in [-0.25, -0.2) is 16.8 Å². The Morgan fingerprint density at radius 3 is 2.69 bits per heavy atom. The summed E-state index contributed by atoms with van der Waals surface area (Å²) in [6, 6.07) is 17.7. The molecule has 0 saturated carbocycles. The third-order valence-electron chi connectivity index (χ3n) is 6.88. The summed E-state index contributed by atoms with van der Waals surface area (Å²) in [5.41, 5.74) is 2.43. The van der Waals surface area contributed by atoms with E-state index in [0.29, 0.717) is 16.9 Å². The number of hydrogen-bond acceptors (Lipinski definition) is 3. The van der Waals surface area contributed by atoms with Gasteiger partial charge in [0, 0.05) is 29.7 Å². The minimum Gasteiger partial charge on any atom is -0.296 e. The van der Waals surface area contributed by atoms with Gasteiger partial charge in [0.2, 0.25) is 0 Å². The van der Waals surface area contributed by atoms with Crippen molar-refractivity contribution in [1.29, 1.82) is 0 Å². The molecule has 0 aliphatic carbocycles. The Hall–Kier alpha value is -2.96. The number of hydrogen-bond donors (Lipinski definition) is 0. The smallest absolute Gasteiger partial charge is 0.268 e. The van der Waals surface area contributed by atoms with E-state index in [1.807, 2.05) is 30.3 Å². The Bertz CT molecular complexity index is 1500. The number of benzene rings is 3. The fourth-order valence-corrected chi connectivity index (χ4v) is 6.63. The Morgan fingerprint density at radius 2 is 1.81 bits per heavy atom. The van der Waals surface area contributed by atoms with E-state index in [-0.39, 0.29) is 10.7 Å². The molecular weight excluding hydrogens is 423 g/mol. The summed E-state index contributed by atoms with van der Waals surface area (Å²) in [7, 11) is -3.85. The second-order valence-electron chi connectivity index (χ2n) is 8.74. The average molecular weight is 447 g/mol. The summed E-state index contributed by atoms with van der Waals surface area (Å²) >= 11 is 0. The van der Waals surface area contributed by atoms with Gasteiger partial charge in [-0.15, -0.1) is 0 Å². The zero-order chi connectivity index (χ0) is 21.9. The van der Waals surface area contributed by atoms with Crippen LogP contribution in [-0.4, -0.2) is 36.4 Å². The van der Waals surface area contributed by atoms with Crippen molar-refractivity contribution in [3.05, 3.63) is 84.3 Å². The Kier molecular flexibility index (Phi) is 4.49. The van der Waals surface area contributed by atoms with Crippen molar-refractivity contribution >= 4 is 37.3 Å². The third-order valence-corrected chi connectivity index (χ3v) is 8.55. The Balaban J connectivity index is 1.52. The molecule has 0 spiro atoms. The van der Waals surface area contributed by atoms with Crippen LogP contribution in [0.5, 0.6) is 0 Å². The fraction of sp³-hybridized carbons (Fsp3) is 0.231. The van der Waals surface area contributed by atoms with E-state index in [1.165, 1.54) is 22.5 Å². The first-order valence-electron chi connectivity index (χ1n) is 11.0. The molecule has 4 aromatic rings. The molecule has 6 heteroatoms. The Morgan fingerprint density at radius 1 is 0.969 bits per heavy atom. The van der Waals surface area contributed by atoms with Gasteiger partial charge in [0.05, 0.1) is 10.4 Å². The second kappa shape index (κ2) is 7.29. The van der Waals surface area contributed by atoms with E-state index in [4.69, 9.17) is 0 Å². The quantitative estimate of drug-likeness (QED) is 0.422. The molecule has 0 N–H and O–H groups in total. The number of nitrogens with zero attached hydrogens (tertiary/aromatic N) is 2. The minimum absolute atomic E-state index is 0.226. The van der Waals surface area contributed by atoms with E-state index < -0.39 is 10.0 Å². The fourth-order valence-electron chi connectivity index (χ4n) is 5.22. The predicted octanol–water partition coefficient (Wildman–Crippen LogP) is 5.42. The predicted molar refractivity (Wildman–Crippen MR) is 126 cm³/mol. The van der Waals surface area contributed by atoms with Crippen molar-refractivity contribution < 1.29 is 12.8 Å². The van der Waals surface area contributed by atoms with Crippen molar-refractivity contribution in [3.8, 4) is 0 Å². The Labute approximate surface area is 186 Å². The molecule has 3 aromatic carbocycles. The maximum absolute atomic E-state index is 14.2. The standard InChI is InChI=1S/C26H23FN2O2S/c27-21-8-10-26-24(16-21)25(20-11-13-28-12-3-6-22(28)14-20)17-29(26)32(30,31)23-9-7-18-4-1-2-5-19(18)15-23/h1-2,4-5,7-11,15-17,22H,3,6,12-14H2/t22-/m0/s1. The van der Waals surface area contributed by atoms with Crippen molar-refractivity contribution in [2.45, 2.75) is 30.2 Å². The van der Waals surface area contributed by atoms with Gasteiger partial charge in [0.25, 0.3) is 10.0 Å². The van der Waals surface area contributed by atoms with Crippen molar-refractivity contribution in [2.24, 2.45) is 0 Å². The van der Waals surface area contributed by atoms with E-state index >= 15 is 0 Å². The lowest BCUT2D eigenvalue weighted by Crippen LogP contribution is -2.32. The van der Waals surface area contributed by atoms with Gasteiger partial charge in [-0.3, -0.25) is 4.90 Å². The van der Waals surface area contributed by atoms with Crippen LogP contribution in [0.15, 0.2) is 77.8 Å². The molecule has 3 heterocycles. The molecule has 162 valence electrons. The number of rotatable bonds is 3. The zero-order valence-corrected chi connectivity index (χ0v) is 18.4. The molecule has 1 fully saturated rings. The summed E-state index contributed by atoms with van der Waals surface area (Å²) < 4.78 is 42.9. The highest BCUT2D eigenvalue weighted by molar-refractivity contribution is 7.90. The van der Waals surface area contributed by atoms with E-state index in [0.717, 1.165) is 47.8 Å². The summed E-state index contributed by atoms with van der Waals surface area (Å²) in [5.74, 6) is -0.362. The van der Waals surface area contributed by atoms with Crippen LogP contribution in [0.1, 0.15) is 24.8 Å². The topological polar surface area (TPSA) is 42.3 Å². The van der Waals surface area contributed by atoms with Gasteiger partial charge < -0.3 is 0 Å². The van der Waals surface area contributed by atoms with Crippen LogP contribution in [0, 0.1) is 5.82 Å². The SMILES string of the molecule is O=S(=O)(c1ccc2ccccc2c1)n1cc(C2=CCN3CCC[C@H]3C2)c2cc(F)ccc21. The van der Waals surface area contributed by atoms with Crippen LogP contribution in [0.3, 0.4) is 0 Å². The number of aromatic nitrogens is 1. The average Bonchev–Trinajstić information content (AvgIpc) is 3.42. The molecule has 2 aliphatic rings. The normalized spacial score (nSPS) is 19.4. The number of fused-ring (bicyclic) bond motifs is 3. The van der Waals surface area contributed by atoms with Crippen LogP contribution in [0.25, 0.3) is 27.2 Å². The van der Waals surface area contributed by atoms with E-state index in [9.17, 15) is 12.8 Å². The maximum Gasteiger partial charge on any atom is 0.268 e. The lowest BCUT2D eigenvalue weighted by atomic mass is 9.94. The molecule has 0 unspecified atom stereocenters. The minimum atomic E-state index is -3.85.